The number of hydrogen-bond donors (Lipinski definition) is 2. The number of carbonyl (C=O) groups is 1. The number of aromatic nitrogens is 3. The minimum absolute atomic E-state index is 0.0431. The number of nitrogens with two attached hydrogens (primary N) is 1. The van der Waals surface area contributed by atoms with Gasteiger partial charge >= 0.3 is 0 Å². The molecule has 3 N–H and O–H groups in total. The molecular weight excluding hydrogens is 292 g/mol. The first-order chi connectivity index (χ1) is 11.2. The molecule has 2 aromatic heterocycles. The molecule has 1 amide bonds. The Morgan fingerprint density at radius 1 is 1.26 bits per heavy atom. The fourth-order valence-electron chi connectivity index (χ4n) is 2.74. The van der Waals surface area contributed by atoms with Crippen LogP contribution in [0.1, 0.15) is 23.2 Å². The van der Waals surface area contributed by atoms with Gasteiger partial charge in [0, 0.05) is 43.7 Å². The Balaban J connectivity index is 1.47. The summed E-state index contributed by atoms with van der Waals surface area (Å²) in [5.41, 5.74) is 6.35. The van der Waals surface area contributed by atoms with Crippen molar-refractivity contribution >= 4 is 17.5 Å². The van der Waals surface area contributed by atoms with Crippen molar-refractivity contribution in [2.75, 3.05) is 30.3 Å². The van der Waals surface area contributed by atoms with Gasteiger partial charge in [-0.25, -0.2) is 9.97 Å². The number of hydrogen-bond acceptors (Lipinski definition) is 6. The van der Waals surface area contributed by atoms with E-state index in [0.29, 0.717) is 23.8 Å². The Bertz CT molecular complexity index is 655. The van der Waals surface area contributed by atoms with Crippen LogP contribution in [-0.4, -0.2) is 40.5 Å². The summed E-state index contributed by atoms with van der Waals surface area (Å²) >= 11 is 0. The lowest BCUT2D eigenvalue weighted by molar-refractivity contribution is 0.0945. The van der Waals surface area contributed by atoms with Crippen molar-refractivity contribution < 1.29 is 4.79 Å². The first-order valence-corrected chi connectivity index (χ1v) is 7.73. The molecule has 1 aliphatic rings. The zero-order chi connectivity index (χ0) is 16.1. The highest BCUT2D eigenvalue weighted by molar-refractivity contribution is 5.93. The van der Waals surface area contributed by atoms with E-state index in [1.54, 1.807) is 30.6 Å². The molecule has 1 saturated heterocycles. The molecule has 0 unspecified atom stereocenters. The molecule has 1 aliphatic heterocycles. The highest BCUT2D eigenvalue weighted by Crippen LogP contribution is 2.21. The molecule has 3 rings (SSSR count). The predicted molar refractivity (Wildman–Crippen MR) is 88.0 cm³/mol. The molecule has 3 heterocycles. The Labute approximate surface area is 135 Å². The smallest absolute Gasteiger partial charge is 0.251 e. The molecule has 0 aromatic carbocycles. The fraction of sp³-hybridized carbons (Fsp3) is 0.375. The maximum absolute atomic E-state index is 12.0. The standard InChI is InChI=1S/C16H20N6O/c17-14-9-15(21-11-20-14)22-7-3-12(4-8-22)10-19-16(23)13-1-5-18-6-2-13/h1-2,5-6,9,11-12H,3-4,7-8,10H2,(H,19,23)(H2,17,20,21). The normalized spacial score (nSPS) is 15.4. The van der Waals surface area contributed by atoms with Crippen molar-refractivity contribution in [1.82, 2.24) is 20.3 Å². The number of anilines is 2. The Morgan fingerprint density at radius 2 is 2.00 bits per heavy atom. The Morgan fingerprint density at radius 3 is 2.70 bits per heavy atom. The van der Waals surface area contributed by atoms with Crippen molar-refractivity contribution in [2.24, 2.45) is 5.92 Å². The van der Waals surface area contributed by atoms with Gasteiger partial charge in [-0.1, -0.05) is 0 Å². The lowest BCUT2D eigenvalue weighted by Crippen LogP contribution is -2.39. The van der Waals surface area contributed by atoms with Crippen LogP contribution in [0.25, 0.3) is 0 Å². The van der Waals surface area contributed by atoms with Gasteiger partial charge in [0.2, 0.25) is 0 Å². The van der Waals surface area contributed by atoms with E-state index in [9.17, 15) is 4.79 Å². The van der Waals surface area contributed by atoms with Crippen LogP contribution in [0.2, 0.25) is 0 Å². The second kappa shape index (κ2) is 7.04. The van der Waals surface area contributed by atoms with Crippen LogP contribution in [-0.2, 0) is 0 Å². The summed E-state index contributed by atoms with van der Waals surface area (Å²) in [7, 11) is 0. The highest BCUT2D eigenvalue weighted by atomic mass is 16.1. The highest BCUT2D eigenvalue weighted by Gasteiger charge is 2.21. The summed E-state index contributed by atoms with van der Waals surface area (Å²) in [6.45, 7) is 2.51. The minimum Gasteiger partial charge on any atom is -0.384 e. The molecule has 0 atom stereocenters. The summed E-state index contributed by atoms with van der Waals surface area (Å²) in [5, 5.41) is 3.00. The third kappa shape index (κ3) is 3.94. The molecule has 0 spiro atoms. The van der Waals surface area contributed by atoms with E-state index in [4.69, 9.17) is 5.73 Å². The van der Waals surface area contributed by atoms with Gasteiger partial charge in [0.15, 0.2) is 0 Å². The van der Waals surface area contributed by atoms with Gasteiger partial charge in [0.1, 0.15) is 18.0 Å². The average molecular weight is 312 g/mol. The lowest BCUT2D eigenvalue weighted by Gasteiger charge is -2.32. The molecule has 7 nitrogen and oxygen atoms in total. The van der Waals surface area contributed by atoms with Crippen molar-refractivity contribution in [1.29, 1.82) is 0 Å². The maximum Gasteiger partial charge on any atom is 0.251 e. The molecular formula is C16H20N6O. The number of rotatable bonds is 4. The van der Waals surface area contributed by atoms with E-state index in [1.165, 1.54) is 6.33 Å². The number of pyridine rings is 1. The van der Waals surface area contributed by atoms with E-state index in [0.717, 1.165) is 31.7 Å². The van der Waals surface area contributed by atoms with Crippen LogP contribution >= 0.6 is 0 Å². The van der Waals surface area contributed by atoms with Crippen molar-refractivity contribution in [3.63, 3.8) is 0 Å². The zero-order valence-corrected chi connectivity index (χ0v) is 12.9. The molecule has 0 saturated carbocycles. The molecule has 2 aromatic rings. The van der Waals surface area contributed by atoms with Gasteiger partial charge in [-0.2, -0.15) is 0 Å². The number of piperidine rings is 1. The number of amides is 1. The Kier molecular flexibility index (Phi) is 4.65. The summed E-state index contributed by atoms with van der Waals surface area (Å²) in [6, 6.07) is 5.24. The number of nitrogens with one attached hydrogen (secondary N) is 1. The van der Waals surface area contributed by atoms with E-state index >= 15 is 0 Å². The summed E-state index contributed by atoms with van der Waals surface area (Å²) in [4.78, 5) is 26.3. The first kappa shape index (κ1) is 15.2. The van der Waals surface area contributed by atoms with E-state index in [2.05, 4.69) is 25.2 Å². The average Bonchev–Trinajstić information content (AvgIpc) is 2.61. The molecule has 23 heavy (non-hydrogen) atoms. The van der Waals surface area contributed by atoms with Gasteiger partial charge in [-0.3, -0.25) is 9.78 Å². The SMILES string of the molecule is Nc1cc(N2CCC(CNC(=O)c3ccncc3)CC2)ncn1. The van der Waals surface area contributed by atoms with Crippen molar-refractivity contribution in [3.05, 3.63) is 42.5 Å². The second-order valence-corrected chi connectivity index (χ2v) is 5.68. The van der Waals surface area contributed by atoms with Gasteiger partial charge in [-0.05, 0) is 30.9 Å². The fourth-order valence-corrected chi connectivity index (χ4v) is 2.74. The third-order valence-corrected chi connectivity index (χ3v) is 4.11. The summed E-state index contributed by atoms with van der Waals surface area (Å²) in [5.74, 6) is 1.80. The molecule has 120 valence electrons. The minimum atomic E-state index is -0.0431. The van der Waals surface area contributed by atoms with Crippen LogP contribution in [0, 0.1) is 5.92 Å². The van der Waals surface area contributed by atoms with E-state index in [1.807, 2.05) is 0 Å². The first-order valence-electron chi connectivity index (χ1n) is 7.73. The molecule has 0 bridgehead atoms. The molecule has 7 heteroatoms. The monoisotopic (exact) mass is 312 g/mol. The van der Waals surface area contributed by atoms with E-state index < -0.39 is 0 Å². The predicted octanol–water partition coefficient (Wildman–Crippen LogP) is 1.10. The molecule has 0 aliphatic carbocycles. The van der Waals surface area contributed by atoms with Gasteiger partial charge in [0.25, 0.3) is 5.91 Å². The Hall–Kier alpha value is -2.70. The zero-order valence-electron chi connectivity index (χ0n) is 12.9. The van der Waals surface area contributed by atoms with Crippen LogP contribution in [0.4, 0.5) is 11.6 Å². The van der Waals surface area contributed by atoms with Crippen molar-refractivity contribution in [3.8, 4) is 0 Å². The largest absolute Gasteiger partial charge is 0.384 e. The van der Waals surface area contributed by atoms with Gasteiger partial charge < -0.3 is 16.0 Å². The van der Waals surface area contributed by atoms with Crippen LogP contribution in [0.5, 0.6) is 0 Å². The van der Waals surface area contributed by atoms with Crippen LogP contribution < -0.4 is 16.0 Å². The molecule has 1 fully saturated rings. The number of carbonyl (C=O) groups excluding carboxylic acids is 1. The van der Waals surface area contributed by atoms with Gasteiger partial charge in [-0.15, -0.1) is 0 Å². The quantitative estimate of drug-likeness (QED) is 0.877. The lowest BCUT2D eigenvalue weighted by atomic mass is 9.96. The topological polar surface area (TPSA) is 97.0 Å². The molecule has 0 radical (unpaired) electrons. The van der Waals surface area contributed by atoms with Crippen LogP contribution in [0.3, 0.4) is 0 Å². The maximum atomic E-state index is 12.0. The summed E-state index contributed by atoms with van der Waals surface area (Å²) in [6.07, 6.45) is 6.77. The summed E-state index contributed by atoms with van der Waals surface area (Å²) < 4.78 is 0. The number of nitrogens with zero attached hydrogens (tertiary/aromatic N) is 4. The number of nitrogen functional groups attached to an aromatic ring is 1. The van der Waals surface area contributed by atoms with Crippen LogP contribution in [0.15, 0.2) is 36.9 Å². The van der Waals surface area contributed by atoms with Crippen molar-refractivity contribution in [2.45, 2.75) is 12.8 Å². The van der Waals surface area contributed by atoms with E-state index in [-0.39, 0.29) is 5.91 Å². The second-order valence-electron chi connectivity index (χ2n) is 5.68. The van der Waals surface area contributed by atoms with Gasteiger partial charge in [0.05, 0.1) is 0 Å². The third-order valence-electron chi connectivity index (χ3n) is 4.11.